The molecule has 1 aromatic heterocycles. The van der Waals surface area contributed by atoms with Crippen LogP contribution < -0.4 is 15.4 Å². The largest absolute Gasteiger partial charge is 0.491 e. The Kier molecular flexibility index (Phi) is 5.22. The van der Waals surface area contributed by atoms with Crippen LogP contribution in [0, 0.1) is 5.92 Å². The zero-order valence-electron chi connectivity index (χ0n) is 13.7. The summed E-state index contributed by atoms with van der Waals surface area (Å²) in [4.78, 5) is 12.8. The van der Waals surface area contributed by atoms with E-state index in [-0.39, 0.29) is 36.2 Å². The van der Waals surface area contributed by atoms with Gasteiger partial charge in [-0.25, -0.2) is 0 Å². The minimum absolute atomic E-state index is 0. The summed E-state index contributed by atoms with van der Waals surface area (Å²) >= 11 is 6.07. The number of aryl methyl sites for hydroxylation is 1. The molecule has 0 radical (unpaired) electrons. The van der Waals surface area contributed by atoms with E-state index in [4.69, 9.17) is 16.3 Å². The Morgan fingerprint density at radius 3 is 3.04 bits per heavy atom. The van der Waals surface area contributed by atoms with Crippen LogP contribution in [-0.2, 0) is 11.8 Å². The molecule has 134 valence electrons. The van der Waals surface area contributed by atoms with Gasteiger partial charge in [-0.2, -0.15) is 5.10 Å². The number of carbonyl (C=O) groups is 1. The quantitative estimate of drug-likeness (QED) is 0.852. The summed E-state index contributed by atoms with van der Waals surface area (Å²) in [5.41, 5.74) is 2.04. The molecular weight excluding hydrogens is 363 g/mol. The number of amides is 1. The van der Waals surface area contributed by atoms with Crippen molar-refractivity contribution < 1.29 is 9.53 Å². The molecule has 1 saturated heterocycles. The SMILES string of the molecule is Cl.Cn1cc([C@H]2CNC[C@@H]2C(=O)NC2COc3ccc(Cl)cc32)cn1. The molecule has 1 aromatic carbocycles. The van der Waals surface area contributed by atoms with Gasteiger partial charge in [0, 0.05) is 42.8 Å². The molecule has 0 spiro atoms. The molecule has 1 amide bonds. The molecule has 2 aromatic rings. The zero-order valence-corrected chi connectivity index (χ0v) is 15.3. The van der Waals surface area contributed by atoms with Gasteiger partial charge in [0.25, 0.3) is 0 Å². The molecule has 6 nitrogen and oxygen atoms in total. The summed E-state index contributed by atoms with van der Waals surface area (Å²) in [5.74, 6) is 0.852. The van der Waals surface area contributed by atoms with Gasteiger partial charge in [0.2, 0.25) is 5.91 Å². The molecule has 2 N–H and O–H groups in total. The molecule has 0 aliphatic carbocycles. The average Bonchev–Trinajstić information content (AvgIpc) is 3.27. The van der Waals surface area contributed by atoms with Crippen molar-refractivity contribution in [3.63, 3.8) is 0 Å². The van der Waals surface area contributed by atoms with Crippen molar-refractivity contribution in [3.8, 4) is 5.75 Å². The van der Waals surface area contributed by atoms with E-state index < -0.39 is 0 Å². The highest BCUT2D eigenvalue weighted by Gasteiger charge is 2.36. The molecule has 8 heteroatoms. The van der Waals surface area contributed by atoms with Crippen molar-refractivity contribution >= 4 is 29.9 Å². The lowest BCUT2D eigenvalue weighted by Gasteiger charge is -2.19. The first-order valence-electron chi connectivity index (χ1n) is 8.03. The number of carbonyl (C=O) groups excluding carboxylic acids is 1. The Hall–Kier alpha value is -1.76. The lowest BCUT2D eigenvalue weighted by molar-refractivity contribution is -0.125. The van der Waals surface area contributed by atoms with Crippen LogP contribution in [0.25, 0.3) is 0 Å². The predicted molar refractivity (Wildman–Crippen MR) is 97.4 cm³/mol. The number of nitrogens with one attached hydrogen (secondary N) is 2. The fourth-order valence-corrected chi connectivity index (χ4v) is 3.70. The first-order valence-corrected chi connectivity index (χ1v) is 8.41. The monoisotopic (exact) mass is 382 g/mol. The van der Waals surface area contributed by atoms with Crippen LogP contribution in [0.5, 0.6) is 5.75 Å². The first-order chi connectivity index (χ1) is 11.6. The molecule has 3 heterocycles. The lowest BCUT2D eigenvalue weighted by atomic mass is 9.90. The lowest BCUT2D eigenvalue weighted by Crippen LogP contribution is -2.37. The minimum atomic E-state index is -0.152. The van der Waals surface area contributed by atoms with E-state index in [2.05, 4.69) is 15.7 Å². The number of ether oxygens (including phenoxy) is 1. The van der Waals surface area contributed by atoms with Gasteiger partial charge in [-0.1, -0.05) is 11.6 Å². The van der Waals surface area contributed by atoms with Crippen LogP contribution >= 0.6 is 24.0 Å². The maximum absolute atomic E-state index is 12.8. The standard InChI is InChI=1S/C17H19ClN4O2.ClH/c1-22-8-10(5-20-22)13-6-19-7-14(13)17(23)21-15-9-24-16-3-2-11(18)4-12(15)16;/h2-5,8,13-15,19H,6-7,9H2,1H3,(H,21,23);1H/t13-,14+,15?;/m1./s1. The van der Waals surface area contributed by atoms with E-state index in [0.29, 0.717) is 18.2 Å². The van der Waals surface area contributed by atoms with E-state index >= 15 is 0 Å². The number of hydrogen-bond donors (Lipinski definition) is 2. The minimum Gasteiger partial charge on any atom is -0.491 e. The topological polar surface area (TPSA) is 68.2 Å². The van der Waals surface area contributed by atoms with Gasteiger partial charge in [0.15, 0.2) is 0 Å². The number of rotatable bonds is 3. The Morgan fingerprint density at radius 1 is 1.44 bits per heavy atom. The van der Waals surface area contributed by atoms with Crippen molar-refractivity contribution in [2.45, 2.75) is 12.0 Å². The van der Waals surface area contributed by atoms with E-state index in [1.807, 2.05) is 31.6 Å². The highest BCUT2D eigenvalue weighted by Crippen LogP contribution is 2.35. The number of aromatic nitrogens is 2. The van der Waals surface area contributed by atoms with Gasteiger partial charge < -0.3 is 15.4 Å². The normalized spacial score (nSPS) is 24.3. The van der Waals surface area contributed by atoms with E-state index in [9.17, 15) is 4.79 Å². The van der Waals surface area contributed by atoms with E-state index in [1.165, 1.54) is 0 Å². The van der Waals surface area contributed by atoms with Gasteiger partial charge in [-0.05, 0) is 23.8 Å². The maximum atomic E-state index is 12.8. The van der Waals surface area contributed by atoms with Crippen LogP contribution in [0.3, 0.4) is 0 Å². The highest BCUT2D eigenvalue weighted by atomic mass is 35.5. The molecule has 2 aliphatic rings. The second-order valence-corrected chi connectivity index (χ2v) is 6.81. The molecule has 3 atom stereocenters. The van der Waals surface area contributed by atoms with Crippen molar-refractivity contribution in [2.24, 2.45) is 13.0 Å². The van der Waals surface area contributed by atoms with Crippen LogP contribution in [0.15, 0.2) is 30.6 Å². The third-order valence-corrected chi connectivity index (χ3v) is 5.01. The molecule has 25 heavy (non-hydrogen) atoms. The fraction of sp³-hybridized carbons (Fsp3) is 0.412. The first kappa shape index (κ1) is 18.0. The van der Waals surface area contributed by atoms with E-state index in [1.54, 1.807) is 10.7 Å². The molecule has 2 aliphatic heterocycles. The fourth-order valence-electron chi connectivity index (χ4n) is 3.52. The van der Waals surface area contributed by atoms with Gasteiger partial charge in [-0.15, -0.1) is 12.4 Å². The zero-order chi connectivity index (χ0) is 16.7. The Balaban J connectivity index is 0.00000182. The van der Waals surface area contributed by atoms with Crippen LogP contribution in [-0.4, -0.2) is 35.4 Å². The van der Waals surface area contributed by atoms with Gasteiger partial charge >= 0.3 is 0 Å². The van der Waals surface area contributed by atoms with Gasteiger partial charge in [-0.3, -0.25) is 9.48 Å². The summed E-state index contributed by atoms with van der Waals surface area (Å²) < 4.78 is 7.41. The van der Waals surface area contributed by atoms with Crippen LogP contribution in [0.4, 0.5) is 0 Å². The highest BCUT2D eigenvalue weighted by molar-refractivity contribution is 6.30. The molecular formula is C17H20Cl2N4O2. The maximum Gasteiger partial charge on any atom is 0.225 e. The Labute approximate surface area is 157 Å². The molecule has 0 bridgehead atoms. The Morgan fingerprint density at radius 2 is 2.28 bits per heavy atom. The molecule has 4 rings (SSSR count). The summed E-state index contributed by atoms with van der Waals surface area (Å²) in [6.45, 7) is 1.90. The van der Waals surface area contributed by atoms with Crippen LogP contribution in [0.1, 0.15) is 23.1 Å². The second-order valence-electron chi connectivity index (χ2n) is 6.37. The third-order valence-electron chi connectivity index (χ3n) is 4.77. The predicted octanol–water partition coefficient (Wildman–Crippen LogP) is 2.05. The third kappa shape index (κ3) is 3.47. The second kappa shape index (κ2) is 7.23. The molecule has 1 fully saturated rings. The Bertz CT molecular complexity index is 780. The number of benzene rings is 1. The molecule has 0 saturated carbocycles. The summed E-state index contributed by atoms with van der Waals surface area (Å²) in [6.07, 6.45) is 3.82. The van der Waals surface area contributed by atoms with Crippen molar-refractivity contribution in [3.05, 3.63) is 46.7 Å². The molecule has 1 unspecified atom stereocenters. The number of nitrogens with zero attached hydrogens (tertiary/aromatic N) is 2. The van der Waals surface area contributed by atoms with E-state index in [0.717, 1.165) is 23.4 Å². The van der Waals surface area contributed by atoms with Gasteiger partial charge in [0.05, 0.1) is 18.2 Å². The summed E-state index contributed by atoms with van der Waals surface area (Å²) in [7, 11) is 1.89. The summed E-state index contributed by atoms with van der Waals surface area (Å²) in [5, 5.41) is 11.3. The number of fused-ring (bicyclic) bond motifs is 1. The van der Waals surface area contributed by atoms with Crippen LogP contribution in [0.2, 0.25) is 5.02 Å². The smallest absolute Gasteiger partial charge is 0.225 e. The summed E-state index contributed by atoms with van der Waals surface area (Å²) in [6, 6.07) is 5.35. The average molecular weight is 383 g/mol. The van der Waals surface area contributed by atoms with Crippen molar-refractivity contribution in [1.82, 2.24) is 20.4 Å². The van der Waals surface area contributed by atoms with Gasteiger partial charge in [0.1, 0.15) is 12.4 Å². The van der Waals surface area contributed by atoms with Crippen molar-refractivity contribution in [1.29, 1.82) is 0 Å². The van der Waals surface area contributed by atoms with Crippen molar-refractivity contribution in [2.75, 3.05) is 19.7 Å². The number of halogens is 2. The number of hydrogen-bond acceptors (Lipinski definition) is 4.